The largest absolute Gasteiger partial charge is 0.427 e. The maximum absolute atomic E-state index is 5.53. The molecule has 3 N–H and O–H groups in total. The Bertz CT molecular complexity index is 255. The first-order valence-corrected chi connectivity index (χ1v) is 4.34. The van der Waals surface area contributed by atoms with Gasteiger partial charge in [0, 0.05) is 20.2 Å². The Labute approximate surface area is 79.6 Å². The summed E-state index contributed by atoms with van der Waals surface area (Å²) in [6, 6.07) is 8.22. The first kappa shape index (κ1) is 10.2. The van der Waals surface area contributed by atoms with Crippen LogP contribution in [0.3, 0.4) is 0 Å². The van der Waals surface area contributed by atoms with Gasteiger partial charge in [0.05, 0.1) is 0 Å². The molecule has 0 saturated heterocycles. The van der Waals surface area contributed by atoms with Crippen molar-refractivity contribution < 1.29 is 4.65 Å². The van der Waals surface area contributed by atoms with Crippen LogP contribution in [0.25, 0.3) is 0 Å². The van der Waals surface area contributed by atoms with Gasteiger partial charge in [0.25, 0.3) is 0 Å². The molecule has 0 spiro atoms. The lowest BCUT2D eigenvalue weighted by Crippen LogP contribution is -2.20. The lowest BCUT2D eigenvalue weighted by Gasteiger charge is -2.03. The van der Waals surface area contributed by atoms with Crippen molar-refractivity contribution in [2.75, 3.05) is 7.11 Å². The lowest BCUT2D eigenvalue weighted by atomic mass is 10.1. The van der Waals surface area contributed by atoms with Crippen molar-refractivity contribution in [3.63, 3.8) is 0 Å². The third kappa shape index (κ3) is 3.59. The van der Waals surface area contributed by atoms with Crippen LogP contribution in [-0.4, -0.2) is 14.7 Å². The van der Waals surface area contributed by atoms with E-state index in [2.05, 4.69) is 17.4 Å². The smallest absolute Gasteiger partial charge is 0.360 e. The second kappa shape index (κ2) is 5.75. The Hall–Kier alpha value is -0.835. The molecule has 1 aromatic rings. The van der Waals surface area contributed by atoms with E-state index in [-0.39, 0.29) is 0 Å². The highest BCUT2D eigenvalue weighted by molar-refractivity contribution is 6.23. The molecule has 4 heteroatoms. The quantitative estimate of drug-likeness (QED) is 0.498. The summed E-state index contributed by atoms with van der Waals surface area (Å²) in [5, 5.41) is 3.14. The molecule has 0 aromatic heterocycles. The molecular formula is C9H15BN2O. The molecule has 0 amide bonds. The number of benzene rings is 1. The zero-order valence-corrected chi connectivity index (χ0v) is 7.92. The molecule has 0 heterocycles. The van der Waals surface area contributed by atoms with E-state index in [4.69, 9.17) is 10.4 Å². The third-order valence-electron chi connectivity index (χ3n) is 1.80. The van der Waals surface area contributed by atoms with Gasteiger partial charge in [-0.25, -0.2) is 0 Å². The minimum atomic E-state index is 0.576. The van der Waals surface area contributed by atoms with E-state index in [1.807, 2.05) is 12.1 Å². The fourth-order valence-corrected chi connectivity index (χ4v) is 1.16. The van der Waals surface area contributed by atoms with E-state index in [1.54, 1.807) is 7.11 Å². The van der Waals surface area contributed by atoms with Crippen molar-refractivity contribution in [1.82, 2.24) is 5.23 Å². The molecule has 1 rings (SSSR count). The van der Waals surface area contributed by atoms with Crippen LogP contribution in [0.4, 0.5) is 0 Å². The summed E-state index contributed by atoms with van der Waals surface area (Å²) in [5.74, 6) is 0. The van der Waals surface area contributed by atoms with Crippen molar-refractivity contribution in [3.8, 4) is 0 Å². The topological polar surface area (TPSA) is 47.3 Å². The number of hydrogen-bond acceptors (Lipinski definition) is 3. The van der Waals surface area contributed by atoms with Crippen LogP contribution < -0.4 is 11.0 Å². The molecule has 0 aliphatic rings. The average molecular weight is 178 g/mol. The van der Waals surface area contributed by atoms with Crippen molar-refractivity contribution in [3.05, 3.63) is 35.4 Å². The predicted octanol–water partition coefficient (Wildman–Crippen LogP) is 0.148. The predicted molar refractivity (Wildman–Crippen MR) is 55.3 cm³/mol. The van der Waals surface area contributed by atoms with Gasteiger partial charge in [-0.2, -0.15) is 0 Å². The first-order valence-electron chi connectivity index (χ1n) is 4.34. The van der Waals surface area contributed by atoms with Crippen molar-refractivity contribution in [1.29, 1.82) is 0 Å². The van der Waals surface area contributed by atoms with E-state index < -0.39 is 0 Å². The van der Waals surface area contributed by atoms with Gasteiger partial charge in [0.15, 0.2) is 0 Å². The first-order chi connectivity index (χ1) is 6.36. The second-order valence-corrected chi connectivity index (χ2v) is 2.88. The summed E-state index contributed by atoms with van der Waals surface area (Å²) in [6.07, 6.45) is 0. The molecule has 0 unspecified atom stereocenters. The summed E-state index contributed by atoms with van der Waals surface area (Å²) in [5.41, 5.74) is 7.93. The Morgan fingerprint density at radius 1 is 1.46 bits per heavy atom. The summed E-state index contributed by atoms with van der Waals surface area (Å²) < 4.78 is 4.88. The van der Waals surface area contributed by atoms with Gasteiger partial charge in [-0.15, -0.1) is 0 Å². The Balaban J connectivity index is 2.46. The molecule has 1 aromatic carbocycles. The molecule has 0 aliphatic carbocycles. The highest BCUT2D eigenvalue weighted by Gasteiger charge is 1.94. The van der Waals surface area contributed by atoms with E-state index in [9.17, 15) is 0 Å². The van der Waals surface area contributed by atoms with Crippen molar-refractivity contribution >= 4 is 7.62 Å². The lowest BCUT2D eigenvalue weighted by molar-refractivity contribution is 0.430. The average Bonchev–Trinajstić information content (AvgIpc) is 2.19. The van der Waals surface area contributed by atoms with E-state index in [0.717, 1.165) is 12.1 Å². The number of rotatable bonds is 5. The van der Waals surface area contributed by atoms with E-state index in [0.29, 0.717) is 14.2 Å². The minimum absolute atomic E-state index is 0.576. The van der Waals surface area contributed by atoms with Crippen molar-refractivity contribution in [2.24, 2.45) is 5.73 Å². The minimum Gasteiger partial charge on any atom is -0.427 e. The number of hydrogen-bond donors (Lipinski definition) is 2. The van der Waals surface area contributed by atoms with Gasteiger partial charge in [-0.3, -0.25) is 0 Å². The number of nitrogens with two attached hydrogens (primary N) is 1. The summed E-state index contributed by atoms with van der Waals surface area (Å²) >= 11 is 0. The molecule has 0 fully saturated rings. The molecule has 0 bridgehead atoms. The molecule has 0 atom stereocenters. The molecule has 0 aliphatic heterocycles. The number of nitrogens with one attached hydrogen (secondary N) is 1. The standard InChI is InChI=1S/C9H15BN2O/c1-13-10-12-7-9-4-2-3-8(5-9)6-11/h2-5,10,12H,6-7,11H2,1H3. The summed E-state index contributed by atoms with van der Waals surface area (Å²) in [7, 11) is 2.25. The van der Waals surface area contributed by atoms with Crippen LogP contribution in [0.15, 0.2) is 24.3 Å². The third-order valence-corrected chi connectivity index (χ3v) is 1.80. The SMILES string of the molecule is COBNCc1cccc(CN)c1. The molecule has 0 radical (unpaired) electrons. The van der Waals surface area contributed by atoms with Gasteiger partial charge in [-0.05, 0) is 11.1 Å². The monoisotopic (exact) mass is 178 g/mol. The van der Waals surface area contributed by atoms with Crippen LogP contribution in [-0.2, 0) is 17.7 Å². The molecule has 0 saturated carbocycles. The zero-order chi connectivity index (χ0) is 9.52. The van der Waals surface area contributed by atoms with Gasteiger partial charge >= 0.3 is 7.62 Å². The Morgan fingerprint density at radius 2 is 2.23 bits per heavy atom. The van der Waals surface area contributed by atoms with Crippen LogP contribution in [0.5, 0.6) is 0 Å². The molecule has 3 nitrogen and oxygen atoms in total. The Morgan fingerprint density at radius 3 is 2.92 bits per heavy atom. The fraction of sp³-hybridized carbons (Fsp3) is 0.333. The summed E-state index contributed by atoms with van der Waals surface area (Å²) in [4.78, 5) is 0. The van der Waals surface area contributed by atoms with Crippen LogP contribution in [0.1, 0.15) is 11.1 Å². The summed E-state index contributed by atoms with van der Waals surface area (Å²) in [6.45, 7) is 1.42. The highest BCUT2D eigenvalue weighted by atomic mass is 16.4. The Kier molecular flexibility index (Phi) is 4.53. The van der Waals surface area contributed by atoms with Gasteiger partial charge < -0.3 is 15.6 Å². The van der Waals surface area contributed by atoms with Crippen molar-refractivity contribution in [2.45, 2.75) is 13.1 Å². The van der Waals surface area contributed by atoms with E-state index in [1.165, 1.54) is 5.56 Å². The van der Waals surface area contributed by atoms with Crippen LogP contribution in [0, 0.1) is 0 Å². The van der Waals surface area contributed by atoms with Crippen LogP contribution >= 0.6 is 0 Å². The maximum Gasteiger partial charge on any atom is 0.360 e. The van der Waals surface area contributed by atoms with Gasteiger partial charge in [0.2, 0.25) is 0 Å². The molecule has 70 valence electrons. The molecular weight excluding hydrogens is 163 g/mol. The second-order valence-electron chi connectivity index (χ2n) is 2.88. The normalized spacial score (nSPS) is 10.0. The highest BCUT2D eigenvalue weighted by Crippen LogP contribution is 2.03. The molecule has 13 heavy (non-hydrogen) atoms. The fourth-order valence-electron chi connectivity index (χ4n) is 1.16. The maximum atomic E-state index is 5.53. The van der Waals surface area contributed by atoms with E-state index >= 15 is 0 Å². The zero-order valence-electron chi connectivity index (χ0n) is 7.92. The van der Waals surface area contributed by atoms with Gasteiger partial charge in [-0.1, -0.05) is 24.3 Å². The van der Waals surface area contributed by atoms with Crippen LogP contribution in [0.2, 0.25) is 0 Å². The van der Waals surface area contributed by atoms with Gasteiger partial charge in [0.1, 0.15) is 0 Å².